The lowest BCUT2D eigenvalue weighted by molar-refractivity contribution is 0.340. The van der Waals surface area contributed by atoms with E-state index in [4.69, 9.17) is 9.88 Å². The van der Waals surface area contributed by atoms with E-state index in [1.165, 1.54) is 24.3 Å². The van der Waals surface area contributed by atoms with Gasteiger partial charge in [0.25, 0.3) is 0 Å². The van der Waals surface area contributed by atoms with E-state index in [0.29, 0.717) is 5.75 Å². The summed E-state index contributed by atoms with van der Waals surface area (Å²) in [6.07, 6.45) is 1.10. The van der Waals surface area contributed by atoms with Gasteiger partial charge in [0, 0.05) is 6.26 Å². The molecule has 6 nitrogen and oxygen atoms in total. The maximum Gasteiger partial charge on any atom is 0.212 e. The number of primary sulfonamides is 1. The van der Waals surface area contributed by atoms with Gasteiger partial charge in [-0.1, -0.05) is 0 Å². The van der Waals surface area contributed by atoms with Crippen molar-refractivity contribution in [3.8, 4) is 5.75 Å². The van der Waals surface area contributed by atoms with Gasteiger partial charge in [0.05, 0.1) is 10.6 Å². The molecule has 2 N–H and O–H groups in total. The first-order chi connectivity index (χ1) is 7.68. The zero-order chi connectivity index (χ0) is 13.1. The fourth-order valence-electron chi connectivity index (χ4n) is 1.06. The standard InChI is InChI=1S/C9H13NO5S2/c1-16(11,12)9-4-2-8(3-5-9)15-6-7-17(10,13)14/h2-5H,6-7H2,1H3,(H2,10,13,14). The molecule has 0 saturated carbocycles. The van der Waals surface area contributed by atoms with Crippen LogP contribution in [0.3, 0.4) is 0 Å². The van der Waals surface area contributed by atoms with E-state index in [2.05, 4.69) is 0 Å². The summed E-state index contributed by atoms with van der Waals surface area (Å²) in [5.74, 6) is 0.0990. The SMILES string of the molecule is CS(=O)(=O)c1ccc(OCCS(N)(=O)=O)cc1. The van der Waals surface area contributed by atoms with Crippen molar-refractivity contribution in [2.75, 3.05) is 18.6 Å². The minimum absolute atomic E-state index is 0.0724. The highest BCUT2D eigenvalue weighted by Gasteiger charge is 2.07. The number of sulfone groups is 1. The van der Waals surface area contributed by atoms with Crippen LogP contribution < -0.4 is 9.88 Å². The normalized spacial score (nSPS) is 12.4. The molecule has 0 atom stereocenters. The predicted octanol–water partition coefficient (Wildman–Crippen LogP) is -0.243. The van der Waals surface area contributed by atoms with Gasteiger partial charge < -0.3 is 4.74 Å². The van der Waals surface area contributed by atoms with Crippen molar-refractivity contribution in [1.29, 1.82) is 0 Å². The largest absolute Gasteiger partial charge is 0.492 e. The van der Waals surface area contributed by atoms with Crippen molar-refractivity contribution in [3.63, 3.8) is 0 Å². The quantitative estimate of drug-likeness (QED) is 0.801. The molecule has 96 valence electrons. The van der Waals surface area contributed by atoms with Gasteiger partial charge in [0.15, 0.2) is 9.84 Å². The predicted molar refractivity (Wildman–Crippen MR) is 63.0 cm³/mol. The Bertz CT molecular complexity index is 574. The lowest BCUT2D eigenvalue weighted by Crippen LogP contribution is -2.21. The fourth-order valence-corrected chi connectivity index (χ4v) is 2.00. The summed E-state index contributed by atoms with van der Waals surface area (Å²) in [7, 11) is -6.78. The molecule has 0 heterocycles. The van der Waals surface area contributed by atoms with Crippen LogP contribution in [0, 0.1) is 0 Å². The minimum atomic E-state index is -3.55. The molecule has 0 amide bonds. The van der Waals surface area contributed by atoms with E-state index in [-0.39, 0.29) is 17.3 Å². The van der Waals surface area contributed by atoms with Gasteiger partial charge in [-0.3, -0.25) is 0 Å². The Morgan fingerprint density at radius 1 is 1.12 bits per heavy atom. The number of hydrogen-bond donors (Lipinski definition) is 1. The first-order valence-electron chi connectivity index (χ1n) is 4.62. The minimum Gasteiger partial charge on any atom is -0.492 e. The van der Waals surface area contributed by atoms with Gasteiger partial charge in [0.2, 0.25) is 10.0 Å². The van der Waals surface area contributed by atoms with Crippen LogP contribution >= 0.6 is 0 Å². The zero-order valence-electron chi connectivity index (χ0n) is 9.16. The summed E-state index contributed by atoms with van der Waals surface area (Å²) < 4.78 is 48.7. The third kappa shape index (κ3) is 5.16. The van der Waals surface area contributed by atoms with E-state index in [0.717, 1.165) is 6.26 Å². The maximum absolute atomic E-state index is 11.2. The molecular weight excluding hydrogens is 266 g/mol. The second-order valence-corrected chi connectivity index (χ2v) is 7.21. The first kappa shape index (κ1) is 13.9. The Kier molecular flexibility index (Phi) is 4.12. The number of benzene rings is 1. The van der Waals surface area contributed by atoms with Crippen molar-refractivity contribution in [1.82, 2.24) is 0 Å². The maximum atomic E-state index is 11.2. The molecule has 0 fully saturated rings. The second-order valence-electron chi connectivity index (χ2n) is 3.46. The average molecular weight is 279 g/mol. The Morgan fingerprint density at radius 3 is 2.06 bits per heavy atom. The Hall–Kier alpha value is -1.12. The fraction of sp³-hybridized carbons (Fsp3) is 0.333. The number of ether oxygens (including phenoxy) is 1. The molecule has 0 aliphatic heterocycles. The second kappa shape index (κ2) is 5.03. The molecule has 0 aromatic heterocycles. The molecule has 0 aliphatic carbocycles. The highest BCUT2D eigenvalue weighted by Crippen LogP contribution is 2.15. The van der Waals surface area contributed by atoms with Gasteiger partial charge in [-0.25, -0.2) is 22.0 Å². The smallest absolute Gasteiger partial charge is 0.212 e. The molecule has 0 bridgehead atoms. The summed E-state index contributed by atoms with van der Waals surface area (Å²) in [4.78, 5) is 0.177. The van der Waals surface area contributed by atoms with Crippen LogP contribution in [0.1, 0.15) is 0 Å². The molecule has 8 heteroatoms. The van der Waals surface area contributed by atoms with Crippen molar-refractivity contribution >= 4 is 19.9 Å². The van der Waals surface area contributed by atoms with Gasteiger partial charge in [-0.15, -0.1) is 0 Å². The summed E-state index contributed by atoms with van der Waals surface area (Å²) >= 11 is 0. The molecule has 0 saturated heterocycles. The lowest BCUT2D eigenvalue weighted by atomic mass is 10.3. The van der Waals surface area contributed by atoms with E-state index < -0.39 is 19.9 Å². The monoisotopic (exact) mass is 279 g/mol. The van der Waals surface area contributed by atoms with Crippen LogP contribution in [-0.4, -0.2) is 35.5 Å². The average Bonchev–Trinajstić information content (AvgIpc) is 2.15. The van der Waals surface area contributed by atoms with Crippen LogP contribution in [0.15, 0.2) is 29.2 Å². The Morgan fingerprint density at radius 2 is 1.65 bits per heavy atom. The molecule has 1 rings (SSSR count). The summed E-state index contributed by atoms with van der Waals surface area (Å²) in [6.45, 7) is -0.0724. The number of nitrogens with two attached hydrogens (primary N) is 1. The number of hydrogen-bond acceptors (Lipinski definition) is 5. The molecule has 0 radical (unpaired) electrons. The van der Waals surface area contributed by atoms with Gasteiger partial charge >= 0.3 is 0 Å². The molecular formula is C9H13NO5S2. The van der Waals surface area contributed by atoms with Crippen LogP contribution in [-0.2, 0) is 19.9 Å². The Labute approximate surface area is 100 Å². The van der Waals surface area contributed by atoms with Crippen molar-refractivity contribution in [2.24, 2.45) is 5.14 Å². The van der Waals surface area contributed by atoms with Crippen LogP contribution in [0.5, 0.6) is 5.75 Å². The van der Waals surface area contributed by atoms with Crippen molar-refractivity contribution in [3.05, 3.63) is 24.3 Å². The van der Waals surface area contributed by atoms with Gasteiger partial charge in [-0.2, -0.15) is 0 Å². The highest BCUT2D eigenvalue weighted by atomic mass is 32.2. The van der Waals surface area contributed by atoms with Crippen LogP contribution in [0.4, 0.5) is 0 Å². The van der Waals surface area contributed by atoms with Crippen LogP contribution in [0.2, 0.25) is 0 Å². The van der Waals surface area contributed by atoms with Gasteiger partial charge in [-0.05, 0) is 24.3 Å². The molecule has 0 unspecified atom stereocenters. The zero-order valence-corrected chi connectivity index (χ0v) is 10.8. The molecule has 1 aromatic carbocycles. The highest BCUT2D eigenvalue weighted by molar-refractivity contribution is 7.90. The van der Waals surface area contributed by atoms with Crippen LogP contribution in [0.25, 0.3) is 0 Å². The molecule has 0 spiro atoms. The van der Waals surface area contributed by atoms with E-state index in [1.54, 1.807) is 0 Å². The lowest BCUT2D eigenvalue weighted by Gasteiger charge is -2.05. The molecule has 17 heavy (non-hydrogen) atoms. The Balaban J connectivity index is 2.64. The van der Waals surface area contributed by atoms with E-state index >= 15 is 0 Å². The summed E-state index contributed by atoms with van der Waals surface area (Å²) in [5, 5.41) is 4.79. The van der Waals surface area contributed by atoms with Crippen molar-refractivity contribution in [2.45, 2.75) is 4.90 Å². The molecule has 0 aliphatic rings. The van der Waals surface area contributed by atoms with Gasteiger partial charge in [0.1, 0.15) is 12.4 Å². The first-order valence-corrected chi connectivity index (χ1v) is 8.22. The summed E-state index contributed by atoms with van der Waals surface area (Å²) in [6, 6.07) is 5.70. The third-order valence-corrected chi connectivity index (χ3v) is 3.75. The topological polar surface area (TPSA) is 104 Å². The number of rotatable bonds is 5. The van der Waals surface area contributed by atoms with Crippen molar-refractivity contribution < 1.29 is 21.6 Å². The van der Waals surface area contributed by atoms with E-state index in [9.17, 15) is 16.8 Å². The third-order valence-electron chi connectivity index (χ3n) is 1.89. The molecule has 1 aromatic rings. The van der Waals surface area contributed by atoms with E-state index in [1.807, 2.05) is 0 Å². The summed E-state index contributed by atoms with van der Waals surface area (Å²) in [5.41, 5.74) is 0. The number of sulfonamides is 1.